The zero-order valence-electron chi connectivity index (χ0n) is 14.9. The highest BCUT2D eigenvalue weighted by Gasteiger charge is 2.06. The molecule has 0 aliphatic carbocycles. The van der Waals surface area contributed by atoms with Crippen LogP contribution >= 0.6 is 11.6 Å². The lowest BCUT2D eigenvalue weighted by Crippen LogP contribution is -2.20. The molecule has 0 saturated carbocycles. The summed E-state index contributed by atoms with van der Waals surface area (Å²) in [4.78, 5) is 16.4. The molecular weight excluding hydrogens is 360 g/mol. The van der Waals surface area contributed by atoms with E-state index in [0.717, 1.165) is 16.8 Å². The van der Waals surface area contributed by atoms with Gasteiger partial charge in [-0.05, 0) is 66.6 Å². The van der Waals surface area contributed by atoms with Gasteiger partial charge < -0.3 is 10.1 Å². The average molecular weight is 379 g/mol. The number of pyridine rings is 1. The maximum atomic E-state index is 12.2. The molecule has 136 valence electrons. The minimum atomic E-state index is -0.227. The number of nitrogens with one attached hydrogen (secondary N) is 1. The van der Waals surface area contributed by atoms with Crippen LogP contribution in [0, 0.1) is 6.92 Å². The van der Waals surface area contributed by atoms with Crippen LogP contribution in [0.25, 0.3) is 12.2 Å². The first-order chi connectivity index (χ1) is 13.1. The number of ether oxygens (including phenoxy) is 1. The summed E-state index contributed by atoms with van der Waals surface area (Å²) in [7, 11) is 0. The fourth-order valence-electron chi connectivity index (χ4n) is 2.49. The summed E-state index contributed by atoms with van der Waals surface area (Å²) in [5, 5.41) is 3.48. The molecule has 27 heavy (non-hydrogen) atoms. The number of aromatic nitrogens is 1. The van der Waals surface area contributed by atoms with Crippen molar-refractivity contribution < 1.29 is 9.53 Å². The van der Waals surface area contributed by atoms with Gasteiger partial charge in [-0.15, -0.1) is 0 Å². The molecule has 0 fully saturated rings. The fraction of sp³-hybridized carbons (Fsp3) is 0.0909. The topological polar surface area (TPSA) is 51.2 Å². The van der Waals surface area contributed by atoms with Crippen molar-refractivity contribution in [2.24, 2.45) is 0 Å². The van der Waals surface area contributed by atoms with Crippen molar-refractivity contribution in [2.75, 3.05) is 11.9 Å². The average Bonchev–Trinajstić information content (AvgIpc) is 2.67. The maximum Gasteiger partial charge on any atom is 0.262 e. The summed E-state index contributed by atoms with van der Waals surface area (Å²) in [5.74, 6) is 0.414. The first-order valence-electron chi connectivity index (χ1n) is 8.48. The Hall–Kier alpha value is -3.11. The van der Waals surface area contributed by atoms with Gasteiger partial charge in [0.15, 0.2) is 6.61 Å². The zero-order chi connectivity index (χ0) is 19.1. The zero-order valence-corrected chi connectivity index (χ0v) is 15.6. The lowest BCUT2D eigenvalue weighted by Gasteiger charge is -2.10. The molecule has 1 amide bonds. The number of nitrogens with zero attached hydrogens (tertiary/aromatic N) is 1. The number of rotatable bonds is 6. The Bertz CT molecular complexity index is 956. The molecule has 0 atom stereocenters. The number of carbonyl (C=O) groups excluding carboxylic acids is 1. The van der Waals surface area contributed by atoms with Gasteiger partial charge in [0.1, 0.15) is 5.75 Å². The Morgan fingerprint density at radius 1 is 1.11 bits per heavy atom. The SMILES string of the molecule is Cc1cc(Cl)ccc1OCC(=O)Nc1cccc(/C=C/c2ccccn2)c1. The fourth-order valence-corrected chi connectivity index (χ4v) is 2.72. The van der Waals surface area contributed by atoms with Gasteiger partial charge in [0.25, 0.3) is 5.91 Å². The lowest BCUT2D eigenvalue weighted by molar-refractivity contribution is -0.118. The van der Waals surface area contributed by atoms with Gasteiger partial charge in [-0.25, -0.2) is 0 Å². The molecular formula is C22H19ClN2O2. The summed E-state index contributed by atoms with van der Waals surface area (Å²) in [6, 6.07) is 18.6. The van der Waals surface area contributed by atoms with E-state index in [1.54, 1.807) is 24.4 Å². The molecule has 2 aromatic carbocycles. The van der Waals surface area contributed by atoms with Crippen LogP contribution in [0.1, 0.15) is 16.8 Å². The third-order valence-electron chi connectivity index (χ3n) is 3.80. The Balaban J connectivity index is 1.58. The van der Waals surface area contributed by atoms with E-state index >= 15 is 0 Å². The molecule has 3 aromatic rings. The van der Waals surface area contributed by atoms with E-state index in [-0.39, 0.29) is 12.5 Å². The first-order valence-corrected chi connectivity index (χ1v) is 8.86. The van der Waals surface area contributed by atoms with Crippen molar-refractivity contribution in [3.8, 4) is 5.75 Å². The van der Waals surface area contributed by atoms with E-state index in [4.69, 9.17) is 16.3 Å². The highest BCUT2D eigenvalue weighted by Crippen LogP contribution is 2.21. The third kappa shape index (κ3) is 5.69. The van der Waals surface area contributed by atoms with E-state index < -0.39 is 0 Å². The number of benzene rings is 2. The summed E-state index contributed by atoms with van der Waals surface area (Å²) in [5.41, 5.74) is 3.43. The standard InChI is InChI=1S/C22H19ClN2O2/c1-16-13-18(23)9-11-21(16)27-15-22(26)25-20-7-4-5-17(14-20)8-10-19-6-2-3-12-24-19/h2-14H,15H2,1H3,(H,25,26)/b10-8+. The largest absolute Gasteiger partial charge is 0.483 e. The van der Waals surface area contributed by atoms with Crippen molar-refractivity contribution in [1.82, 2.24) is 4.98 Å². The second kappa shape index (κ2) is 9.01. The van der Waals surface area contributed by atoms with Gasteiger partial charge in [0.05, 0.1) is 5.69 Å². The highest BCUT2D eigenvalue weighted by atomic mass is 35.5. The van der Waals surface area contributed by atoms with Gasteiger partial charge in [-0.2, -0.15) is 0 Å². The van der Waals surface area contributed by atoms with Crippen LogP contribution in [0.15, 0.2) is 66.9 Å². The molecule has 1 aromatic heterocycles. The van der Waals surface area contributed by atoms with E-state index in [1.165, 1.54) is 0 Å². The number of anilines is 1. The van der Waals surface area contributed by atoms with Crippen LogP contribution in [0.5, 0.6) is 5.75 Å². The van der Waals surface area contributed by atoms with E-state index in [1.807, 2.05) is 61.5 Å². The number of carbonyl (C=O) groups is 1. The molecule has 3 rings (SSSR count). The molecule has 0 unspecified atom stereocenters. The molecule has 5 heteroatoms. The minimum absolute atomic E-state index is 0.0729. The Kier molecular flexibility index (Phi) is 6.23. The Morgan fingerprint density at radius 3 is 2.78 bits per heavy atom. The molecule has 1 heterocycles. The van der Waals surface area contributed by atoms with Gasteiger partial charge in [0.2, 0.25) is 0 Å². The van der Waals surface area contributed by atoms with Gasteiger partial charge in [0, 0.05) is 16.9 Å². The van der Waals surface area contributed by atoms with Crippen LogP contribution in [0.2, 0.25) is 5.02 Å². The molecule has 0 aliphatic heterocycles. The monoisotopic (exact) mass is 378 g/mol. The van der Waals surface area contributed by atoms with Crippen LogP contribution in [0.4, 0.5) is 5.69 Å². The summed E-state index contributed by atoms with van der Waals surface area (Å²) >= 11 is 5.92. The van der Waals surface area contributed by atoms with Crippen molar-refractivity contribution in [3.05, 3.63) is 88.7 Å². The maximum absolute atomic E-state index is 12.2. The van der Waals surface area contributed by atoms with Gasteiger partial charge in [-0.1, -0.05) is 35.9 Å². The van der Waals surface area contributed by atoms with Crippen molar-refractivity contribution in [2.45, 2.75) is 6.92 Å². The molecule has 0 spiro atoms. The lowest BCUT2D eigenvalue weighted by atomic mass is 10.1. The summed E-state index contributed by atoms with van der Waals surface area (Å²) < 4.78 is 5.57. The molecule has 0 saturated heterocycles. The molecule has 0 bridgehead atoms. The minimum Gasteiger partial charge on any atom is -0.483 e. The van der Waals surface area contributed by atoms with Crippen molar-refractivity contribution >= 4 is 35.3 Å². The summed E-state index contributed by atoms with van der Waals surface area (Å²) in [6.45, 7) is 1.81. The smallest absolute Gasteiger partial charge is 0.262 e. The van der Waals surface area contributed by atoms with Crippen molar-refractivity contribution in [1.29, 1.82) is 0 Å². The second-order valence-corrected chi connectivity index (χ2v) is 6.40. The quantitative estimate of drug-likeness (QED) is 0.638. The number of aryl methyl sites for hydroxylation is 1. The van der Waals surface area contributed by atoms with E-state index in [2.05, 4.69) is 10.3 Å². The summed E-state index contributed by atoms with van der Waals surface area (Å²) in [6.07, 6.45) is 5.62. The number of halogens is 1. The molecule has 0 aliphatic rings. The van der Waals surface area contributed by atoms with Gasteiger partial charge in [-0.3, -0.25) is 9.78 Å². The Morgan fingerprint density at radius 2 is 2.00 bits per heavy atom. The Labute approximate surface area is 163 Å². The number of hydrogen-bond donors (Lipinski definition) is 1. The van der Waals surface area contributed by atoms with Crippen molar-refractivity contribution in [3.63, 3.8) is 0 Å². The van der Waals surface area contributed by atoms with Gasteiger partial charge >= 0.3 is 0 Å². The predicted octanol–water partition coefficient (Wildman–Crippen LogP) is 5.23. The van der Waals surface area contributed by atoms with Crippen LogP contribution < -0.4 is 10.1 Å². The first kappa shape index (κ1) is 18.7. The molecule has 1 N–H and O–H groups in total. The van der Waals surface area contributed by atoms with Crippen LogP contribution in [0.3, 0.4) is 0 Å². The van der Waals surface area contributed by atoms with Crippen LogP contribution in [-0.2, 0) is 4.79 Å². The molecule has 4 nitrogen and oxygen atoms in total. The normalized spacial score (nSPS) is 10.7. The van der Waals surface area contributed by atoms with E-state index in [0.29, 0.717) is 16.5 Å². The predicted molar refractivity (Wildman–Crippen MR) is 110 cm³/mol. The number of hydrogen-bond acceptors (Lipinski definition) is 3. The van der Waals surface area contributed by atoms with Crippen LogP contribution in [-0.4, -0.2) is 17.5 Å². The second-order valence-electron chi connectivity index (χ2n) is 5.96. The number of amides is 1. The van der Waals surface area contributed by atoms with E-state index in [9.17, 15) is 4.79 Å². The highest BCUT2D eigenvalue weighted by molar-refractivity contribution is 6.30. The third-order valence-corrected chi connectivity index (χ3v) is 4.04. The molecule has 0 radical (unpaired) electrons.